The summed E-state index contributed by atoms with van der Waals surface area (Å²) < 4.78 is 0. The second-order valence-electron chi connectivity index (χ2n) is 3.14. The third-order valence-electron chi connectivity index (χ3n) is 1.90. The molecule has 1 aromatic rings. The summed E-state index contributed by atoms with van der Waals surface area (Å²) in [5.74, 6) is -0.810. The van der Waals surface area contributed by atoms with Gasteiger partial charge in [-0.25, -0.2) is 0 Å². The van der Waals surface area contributed by atoms with Crippen LogP contribution in [0.2, 0.25) is 0 Å². The molecule has 4 nitrogen and oxygen atoms in total. The zero-order valence-corrected chi connectivity index (χ0v) is 8.69. The molecule has 0 amide bonds. The molecule has 2 N–H and O–H groups in total. The minimum absolute atomic E-state index is 0.0686. The number of rotatable bonds is 6. The van der Waals surface area contributed by atoms with Gasteiger partial charge in [0.05, 0.1) is 13.0 Å². The monoisotopic (exact) mass is 209 g/mol. The molecule has 0 aliphatic carbocycles. The van der Waals surface area contributed by atoms with E-state index in [1.165, 1.54) is 0 Å². The van der Waals surface area contributed by atoms with Gasteiger partial charge in [-0.15, -0.1) is 0 Å². The largest absolute Gasteiger partial charge is 0.481 e. The van der Waals surface area contributed by atoms with Gasteiger partial charge >= 0.3 is 5.97 Å². The number of carbonyl (C=O) groups is 1. The van der Waals surface area contributed by atoms with Gasteiger partial charge in [0.15, 0.2) is 0 Å². The van der Waals surface area contributed by atoms with Crippen molar-refractivity contribution < 1.29 is 14.7 Å². The summed E-state index contributed by atoms with van der Waals surface area (Å²) in [5.41, 5.74) is 4.67. The highest BCUT2D eigenvalue weighted by Gasteiger charge is 1.99. The molecule has 0 unspecified atom stereocenters. The third kappa shape index (κ3) is 4.58. The van der Waals surface area contributed by atoms with Crippen LogP contribution in [0.5, 0.6) is 0 Å². The Bertz CT molecular complexity index is 308. The van der Waals surface area contributed by atoms with Gasteiger partial charge < -0.3 is 9.94 Å². The molecule has 0 heterocycles. The van der Waals surface area contributed by atoms with Crippen LogP contribution >= 0.6 is 0 Å². The summed E-state index contributed by atoms with van der Waals surface area (Å²) in [6.07, 6.45) is 0.0686. The summed E-state index contributed by atoms with van der Waals surface area (Å²) in [7, 11) is 0. The highest BCUT2D eigenvalue weighted by molar-refractivity contribution is 5.70. The lowest BCUT2D eigenvalue weighted by Crippen LogP contribution is -2.13. The van der Waals surface area contributed by atoms with Gasteiger partial charge in [-0.3, -0.25) is 4.79 Å². The van der Waals surface area contributed by atoms with Crippen LogP contribution < -0.4 is 5.48 Å². The van der Waals surface area contributed by atoms with Crippen molar-refractivity contribution in [2.24, 2.45) is 0 Å². The van der Waals surface area contributed by atoms with Crippen molar-refractivity contribution >= 4 is 5.97 Å². The van der Waals surface area contributed by atoms with Crippen LogP contribution in [0.3, 0.4) is 0 Å². The molecule has 0 atom stereocenters. The minimum atomic E-state index is -0.810. The molecule has 1 aromatic carbocycles. The van der Waals surface area contributed by atoms with E-state index in [1.807, 2.05) is 31.2 Å². The van der Waals surface area contributed by atoms with Crippen molar-refractivity contribution in [2.45, 2.75) is 19.9 Å². The highest BCUT2D eigenvalue weighted by atomic mass is 16.6. The number of hydrogen-bond acceptors (Lipinski definition) is 3. The molecule has 0 fully saturated rings. The normalized spacial score (nSPS) is 10.2. The van der Waals surface area contributed by atoms with Crippen LogP contribution in [0, 0.1) is 0 Å². The summed E-state index contributed by atoms with van der Waals surface area (Å²) >= 11 is 0. The number of hydrogen-bond donors (Lipinski definition) is 2. The number of benzene rings is 1. The lowest BCUT2D eigenvalue weighted by molar-refractivity contribution is -0.136. The first-order valence-electron chi connectivity index (χ1n) is 4.86. The molecular weight excluding hydrogens is 194 g/mol. The SMILES string of the molecule is CCONCc1ccc(CC(=O)O)cc1. The van der Waals surface area contributed by atoms with Gasteiger partial charge in [-0.05, 0) is 18.1 Å². The molecule has 4 heteroatoms. The molecule has 15 heavy (non-hydrogen) atoms. The predicted molar refractivity (Wildman–Crippen MR) is 56.2 cm³/mol. The zero-order chi connectivity index (χ0) is 11.1. The maximum atomic E-state index is 10.4. The van der Waals surface area contributed by atoms with Gasteiger partial charge in [0.25, 0.3) is 0 Å². The predicted octanol–water partition coefficient (Wildman–Crippen LogP) is 1.35. The molecule has 0 aliphatic heterocycles. The van der Waals surface area contributed by atoms with Gasteiger partial charge in [-0.2, -0.15) is 5.48 Å². The van der Waals surface area contributed by atoms with Crippen LogP contribution in [-0.4, -0.2) is 17.7 Å². The van der Waals surface area contributed by atoms with Crippen molar-refractivity contribution in [1.82, 2.24) is 5.48 Å². The number of carboxylic acid groups (broad SMARTS) is 1. The fourth-order valence-corrected chi connectivity index (χ4v) is 1.19. The number of nitrogens with one attached hydrogen (secondary N) is 1. The summed E-state index contributed by atoms with van der Waals surface area (Å²) in [4.78, 5) is 15.4. The van der Waals surface area contributed by atoms with Crippen LogP contribution in [-0.2, 0) is 22.6 Å². The molecule has 0 bridgehead atoms. The fourth-order valence-electron chi connectivity index (χ4n) is 1.19. The molecule has 1 rings (SSSR count). The number of carboxylic acids is 1. The van der Waals surface area contributed by atoms with Crippen molar-refractivity contribution in [1.29, 1.82) is 0 Å². The molecule has 0 radical (unpaired) electrons. The standard InChI is InChI=1S/C11H15NO3/c1-2-15-12-8-10-5-3-9(4-6-10)7-11(13)14/h3-6,12H,2,7-8H2,1H3,(H,13,14). The Morgan fingerprint density at radius 2 is 1.93 bits per heavy atom. The zero-order valence-electron chi connectivity index (χ0n) is 8.69. The van der Waals surface area contributed by atoms with E-state index in [2.05, 4.69) is 5.48 Å². The lowest BCUT2D eigenvalue weighted by atomic mass is 10.1. The quantitative estimate of drug-likeness (QED) is 0.548. The minimum Gasteiger partial charge on any atom is -0.481 e. The Hall–Kier alpha value is -1.39. The van der Waals surface area contributed by atoms with Gasteiger partial charge in [0, 0.05) is 6.54 Å². The van der Waals surface area contributed by atoms with E-state index in [-0.39, 0.29) is 6.42 Å². The Labute approximate surface area is 88.8 Å². The lowest BCUT2D eigenvalue weighted by Gasteiger charge is -2.04. The van der Waals surface area contributed by atoms with Crippen LogP contribution in [0.15, 0.2) is 24.3 Å². The van der Waals surface area contributed by atoms with Crippen molar-refractivity contribution in [3.63, 3.8) is 0 Å². The second-order valence-corrected chi connectivity index (χ2v) is 3.14. The average Bonchev–Trinajstić information content (AvgIpc) is 2.20. The fraction of sp³-hybridized carbons (Fsp3) is 0.364. The van der Waals surface area contributed by atoms with Crippen LogP contribution in [0.1, 0.15) is 18.1 Å². The molecule has 0 saturated carbocycles. The molecular formula is C11H15NO3. The molecule has 0 aromatic heterocycles. The average molecular weight is 209 g/mol. The Balaban J connectivity index is 2.45. The Morgan fingerprint density at radius 3 is 2.47 bits per heavy atom. The smallest absolute Gasteiger partial charge is 0.307 e. The van der Waals surface area contributed by atoms with Crippen molar-refractivity contribution in [2.75, 3.05) is 6.61 Å². The van der Waals surface area contributed by atoms with E-state index in [1.54, 1.807) is 0 Å². The van der Waals surface area contributed by atoms with E-state index in [9.17, 15) is 4.79 Å². The van der Waals surface area contributed by atoms with E-state index >= 15 is 0 Å². The third-order valence-corrected chi connectivity index (χ3v) is 1.90. The highest BCUT2D eigenvalue weighted by Crippen LogP contribution is 2.05. The van der Waals surface area contributed by atoms with Crippen molar-refractivity contribution in [3.8, 4) is 0 Å². The number of hydroxylamine groups is 1. The van der Waals surface area contributed by atoms with E-state index in [0.29, 0.717) is 13.2 Å². The van der Waals surface area contributed by atoms with Gasteiger partial charge in [0.1, 0.15) is 0 Å². The molecule has 0 aliphatic rings. The van der Waals surface area contributed by atoms with Crippen LogP contribution in [0.4, 0.5) is 0 Å². The van der Waals surface area contributed by atoms with Crippen LogP contribution in [0.25, 0.3) is 0 Å². The molecule has 0 saturated heterocycles. The first-order chi connectivity index (χ1) is 7.22. The van der Waals surface area contributed by atoms with Crippen molar-refractivity contribution in [3.05, 3.63) is 35.4 Å². The first-order valence-corrected chi connectivity index (χ1v) is 4.86. The number of aliphatic carboxylic acids is 1. The van der Waals surface area contributed by atoms with E-state index in [4.69, 9.17) is 9.94 Å². The molecule has 82 valence electrons. The van der Waals surface area contributed by atoms with E-state index < -0.39 is 5.97 Å². The van der Waals surface area contributed by atoms with E-state index in [0.717, 1.165) is 11.1 Å². The first kappa shape index (κ1) is 11.7. The van der Waals surface area contributed by atoms with Gasteiger partial charge in [-0.1, -0.05) is 24.3 Å². The Kier molecular flexibility index (Phi) is 4.80. The van der Waals surface area contributed by atoms with Gasteiger partial charge in [0.2, 0.25) is 0 Å². The summed E-state index contributed by atoms with van der Waals surface area (Å²) in [6, 6.07) is 7.42. The maximum absolute atomic E-state index is 10.4. The molecule has 0 spiro atoms. The second kappa shape index (κ2) is 6.16. The topological polar surface area (TPSA) is 58.6 Å². The maximum Gasteiger partial charge on any atom is 0.307 e. The summed E-state index contributed by atoms with van der Waals surface area (Å²) in [6.45, 7) is 3.15. The Morgan fingerprint density at radius 1 is 1.33 bits per heavy atom. The summed E-state index contributed by atoms with van der Waals surface area (Å²) in [5, 5.41) is 8.58.